The third-order valence-electron chi connectivity index (χ3n) is 5.97. The van der Waals surface area contributed by atoms with Crippen LogP contribution in [-0.2, 0) is 16.0 Å². The highest BCUT2D eigenvalue weighted by Crippen LogP contribution is 2.41. The van der Waals surface area contributed by atoms with Crippen molar-refractivity contribution in [1.82, 2.24) is 4.90 Å². The number of nitrogens with zero attached hydrogens (tertiary/aromatic N) is 1. The van der Waals surface area contributed by atoms with Gasteiger partial charge in [-0.05, 0) is 62.1 Å². The van der Waals surface area contributed by atoms with Crippen LogP contribution < -0.4 is 5.32 Å². The maximum atomic E-state index is 13.1. The Hall–Kier alpha value is -2.26. The standard InChI is InChI=1S/C21H20ClF3N2O3S/c22-18-3-1-2-4-19(18)31(29,30)17-11-15-9-10-16(12-17)27(15)20(28)26-14-7-5-13(6-8-14)21(23,24)25/h1-8,15-17H,9-12H2,(H,26,28)/t15-,16-/m1/s1. The van der Waals surface area contributed by atoms with Gasteiger partial charge in [0.05, 0.1) is 20.7 Å². The van der Waals surface area contributed by atoms with Gasteiger partial charge in [-0.15, -0.1) is 0 Å². The van der Waals surface area contributed by atoms with Crippen LogP contribution in [-0.4, -0.2) is 36.7 Å². The number of hydrogen-bond donors (Lipinski definition) is 1. The van der Waals surface area contributed by atoms with E-state index in [1.54, 1.807) is 17.0 Å². The van der Waals surface area contributed by atoms with Gasteiger partial charge < -0.3 is 10.2 Å². The highest BCUT2D eigenvalue weighted by atomic mass is 35.5. The van der Waals surface area contributed by atoms with Crippen molar-refractivity contribution in [2.24, 2.45) is 0 Å². The van der Waals surface area contributed by atoms with E-state index in [4.69, 9.17) is 11.6 Å². The predicted octanol–water partition coefficient (Wildman–Crippen LogP) is 5.36. The number of anilines is 1. The summed E-state index contributed by atoms with van der Waals surface area (Å²) < 4.78 is 64.4. The summed E-state index contributed by atoms with van der Waals surface area (Å²) in [5.41, 5.74) is -0.542. The molecule has 0 unspecified atom stereocenters. The van der Waals surface area contributed by atoms with Crippen LogP contribution in [0.1, 0.15) is 31.2 Å². The average Bonchev–Trinajstić information content (AvgIpc) is 2.97. The number of hydrogen-bond acceptors (Lipinski definition) is 3. The normalized spacial score (nSPS) is 23.6. The van der Waals surface area contributed by atoms with Gasteiger partial charge in [0.15, 0.2) is 9.84 Å². The summed E-state index contributed by atoms with van der Waals surface area (Å²) in [5, 5.41) is 2.17. The first-order valence-corrected chi connectivity index (χ1v) is 11.7. The minimum atomic E-state index is -4.45. The quantitative estimate of drug-likeness (QED) is 0.654. The number of benzene rings is 2. The molecule has 10 heteroatoms. The molecule has 0 aliphatic carbocycles. The number of fused-ring (bicyclic) bond motifs is 2. The molecule has 2 bridgehead atoms. The van der Waals surface area contributed by atoms with E-state index in [1.165, 1.54) is 24.3 Å². The largest absolute Gasteiger partial charge is 0.416 e. The lowest BCUT2D eigenvalue weighted by atomic mass is 10.0. The Kier molecular flexibility index (Phi) is 5.68. The van der Waals surface area contributed by atoms with E-state index in [-0.39, 0.29) is 27.7 Å². The van der Waals surface area contributed by atoms with Gasteiger partial charge in [-0.3, -0.25) is 0 Å². The van der Waals surface area contributed by atoms with E-state index in [9.17, 15) is 26.4 Å². The number of amides is 2. The smallest absolute Gasteiger partial charge is 0.318 e. The summed E-state index contributed by atoms with van der Waals surface area (Å²) in [5.74, 6) is 0. The molecule has 2 fully saturated rings. The first kappa shape index (κ1) is 22.0. The van der Waals surface area contributed by atoms with E-state index in [2.05, 4.69) is 5.32 Å². The summed E-state index contributed by atoms with van der Waals surface area (Å²) >= 11 is 6.10. The van der Waals surface area contributed by atoms with Crippen molar-refractivity contribution in [2.75, 3.05) is 5.32 Å². The fraction of sp³-hybridized carbons (Fsp3) is 0.381. The number of rotatable bonds is 3. The Morgan fingerprint density at radius 2 is 1.58 bits per heavy atom. The third-order valence-corrected chi connectivity index (χ3v) is 8.64. The van der Waals surface area contributed by atoms with Gasteiger partial charge in [-0.1, -0.05) is 23.7 Å². The van der Waals surface area contributed by atoms with Gasteiger partial charge in [-0.25, -0.2) is 13.2 Å². The fourth-order valence-corrected chi connectivity index (χ4v) is 6.87. The van der Waals surface area contributed by atoms with Crippen molar-refractivity contribution in [1.29, 1.82) is 0 Å². The highest BCUT2D eigenvalue weighted by molar-refractivity contribution is 7.92. The van der Waals surface area contributed by atoms with Crippen LogP contribution in [0.15, 0.2) is 53.4 Å². The number of urea groups is 1. The lowest BCUT2D eigenvalue weighted by Crippen LogP contribution is -2.51. The van der Waals surface area contributed by atoms with Gasteiger partial charge >= 0.3 is 12.2 Å². The molecule has 166 valence electrons. The molecule has 0 radical (unpaired) electrons. The topological polar surface area (TPSA) is 66.5 Å². The van der Waals surface area contributed by atoms with Crippen LogP contribution in [0.2, 0.25) is 5.02 Å². The Balaban J connectivity index is 1.47. The summed E-state index contributed by atoms with van der Waals surface area (Å²) in [4.78, 5) is 14.5. The van der Waals surface area contributed by atoms with E-state index in [1.807, 2.05) is 0 Å². The highest BCUT2D eigenvalue weighted by Gasteiger charge is 2.47. The van der Waals surface area contributed by atoms with Crippen molar-refractivity contribution in [3.05, 3.63) is 59.1 Å². The van der Waals surface area contributed by atoms with Crippen molar-refractivity contribution < 1.29 is 26.4 Å². The molecule has 0 aromatic heterocycles. The zero-order chi connectivity index (χ0) is 22.4. The molecule has 2 amide bonds. The fourth-order valence-electron chi connectivity index (χ4n) is 4.50. The molecular weight excluding hydrogens is 453 g/mol. The van der Waals surface area contributed by atoms with Gasteiger partial charge in [-0.2, -0.15) is 13.2 Å². The Morgan fingerprint density at radius 1 is 1.00 bits per heavy atom. The van der Waals surface area contributed by atoms with E-state index < -0.39 is 32.9 Å². The number of alkyl halides is 3. The lowest BCUT2D eigenvalue weighted by molar-refractivity contribution is -0.137. The molecule has 4 rings (SSSR count). The monoisotopic (exact) mass is 472 g/mol. The maximum Gasteiger partial charge on any atom is 0.416 e. The van der Waals surface area contributed by atoms with Gasteiger partial charge in [0.2, 0.25) is 0 Å². The molecule has 2 aromatic rings. The van der Waals surface area contributed by atoms with Gasteiger partial charge in [0.25, 0.3) is 0 Å². The van der Waals surface area contributed by atoms with Crippen molar-refractivity contribution >= 4 is 33.2 Å². The molecular formula is C21H20ClF3N2O3S. The maximum absolute atomic E-state index is 13.1. The second kappa shape index (κ2) is 8.02. The minimum Gasteiger partial charge on any atom is -0.318 e. The van der Waals surface area contributed by atoms with Crippen molar-refractivity contribution in [2.45, 2.75) is 54.1 Å². The van der Waals surface area contributed by atoms with Crippen LogP contribution in [0.4, 0.5) is 23.7 Å². The Morgan fingerprint density at radius 3 is 2.13 bits per heavy atom. The average molecular weight is 473 g/mol. The molecule has 0 spiro atoms. The summed E-state index contributed by atoms with van der Waals surface area (Å²) in [6.07, 6.45) is -2.50. The summed E-state index contributed by atoms with van der Waals surface area (Å²) in [6.45, 7) is 0. The summed E-state index contributed by atoms with van der Waals surface area (Å²) in [6, 6.07) is 9.61. The molecule has 0 saturated carbocycles. The van der Waals surface area contributed by atoms with Crippen LogP contribution in [0, 0.1) is 0 Å². The summed E-state index contributed by atoms with van der Waals surface area (Å²) in [7, 11) is -3.64. The van der Waals surface area contributed by atoms with Gasteiger partial charge in [0, 0.05) is 17.8 Å². The minimum absolute atomic E-state index is 0.101. The zero-order valence-electron chi connectivity index (χ0n) is 16.3. The van der Waals surface area contributed by atoms with Gasteiger partial charge in [0.1, 0.15) is 0 Å². The SMILES string of the molecule is O=C(Nc1ccc(C(F)(F)F)cc1)N1[C@@H]2CC[C@@H]1CC(S(=O)(=O)c1ccccc1Cl)C2. The first-order chi connectivity index (χ1) is 14.6. The molecule has 2 atom stereocenters. The first-order valence-electron chi connectivity index (χ1n) is 9.82. The molecule has 5 nitrogen and oxygen atoms in total. The van der Waals surface area contributed by atoms with Crippen molar-refractivity contribution in [3.63, 3.8) is 0 Å². The van der Waals surface area contributed by atoms with E-state index in [0.29, 0.717) is 25.7 Å². The van der Waals surface area contributed by atoms with Crippen molar-refractivity contribution in [3.8, 4) is 0 Å². The van der Waals surface area contributed by atoms with Crippen LogP contribution >= 0.6 is 11.6 Å². The zero-order valence-corrected chi connectivity index (χ0v) is 17.8. The number of carbonyl (C=O) groups is 1. The molecule has 2 aliphatic rings. The van der Waals surface area contributed by atoms with E-state index in [0.717, 1.165) is 12.1 Å². The number of halogens is 4. The van der Waals surface area contributed by atoms with Crippen LogP contribution in [0.3, 0.4) is 0 Å². The third kappa shape index (κ3) is 4.25. The second-order valence-electron chi connectivity index (χ2n) is 7.87. The molecule has 1 N–H and O–H groups in total. The lowest BCUT2D eigenvalue weighted by Gasteiger charge is -2.38. The van der Waals surface area contributed by atoms with Crippen LogP contribution in [0.5, 0.6) is 0 Å². The Bertz CT molecular complexity index is 1080. The number of sulfone groups is 1. The second-order valence-corrected chi connectivity index (χ2v) is 10.5. The number of carbonyl (C=O) groups excluding carboxylic acids is 1. The molecule has 31 heavy (non-hydrogen) atoms. The Labute approximate surface area is 183 Å². The molecule has 2 aromatic carbocycles. The molecule has 2 heterocycles. The number of piperidine rings is 1. The predicted molar refractivity (Wildman–Crippen MR) is 111 cm³/mol. The number of nitrogens with one attached hydrogen (secondary N) is 1. The van der Waals surface area contributed by atoms with Crippen LogP contribution in [0.25, 0.3) is 0 Å². The van der Waals surface area contributed by atoms with E-state index >= 15 is 0 Å². The molecule has 2 aliphatic heterocycles. The molecule has 2 saturated heterocycles.